The van der Waals surface area contributed by atoms with Gasteiger partial charge in [-0.15, -0.1) is 11.8 Å². The van der Waals surface area contributed by atoms with E-state index >= 15 is 0 Å². The van der Waals surface area contributed by atoms with Gasteiger partial charge >= 0.3 is 0 Å². The number of thioether (sulfide) groups is 1. The number of ether oxygens (including phenoxy) is 1. The van der Waals surface area contributed by atoms with Crippen molar-refractivity contribution in [2.24, 2.45) is 0 Å². The van der Waals surface area contributed by atoms with Gasteiger partial charge in [0, 0.05) is 17.5 Å². The average Bonchev–Trinajstić information content (AvgIpc) is 2.55. The first-order valence-corrected chi connectivity index (χ1v) is 8.59. The van der Waals surface area contributed by atoms with Gasteiger partial charge in [-0.25, -0.2) is 0 Å². The minimum atomic E-state index is -0.123. The number of benzene rings is 2. The molecule has 24 heavy (non-hydrogen) atoms. The molecule has 0 atom stereocenters. The molecule has 0 saturated carbocycles. The maximum Gasteiger partial charge on any atom is 0.234 e. The van der Waals surface area contributed by atoms with Crippen LogP contribution in [0.15, 0.2) is 53.4 Å². The SMILES string of the molecule is CCOc1ccccc1NC(=O)CSc1cccc(NC(C)=O)c1. The van der Waals surface area contributed by atoms with Crippen molar-refractivity contribution in [3.8, 4) is 5.75 Å². The monoisotopic (exact) mass is 344 g/mol. The summed E-state index contributed by atoms with van der Waals surface area (Å²) in [6.45, 7) is 3.90. The Morgan fingerprint density at radius 1 is 1.08 bits per heavy atom. The van der Waals surface area contributed by atoms with Crippen molar-refractivity contribution in [2.75, 3.05) is 23.0 Å². The molecule has 0 aromatic heterocycles. The summed E-state index contributed by atoms with van der Waals surface area (Å²) >= 11 is 1.40. The first-order valence-electron chi connectivity index (χ1n) is 7.60. The second-order valence-corrected chi connectivity index (χ2v) is 6.02. The van der Waals surface area contributed by atoms with Crippen molar-refractivity contribution in [1.29, 1.82) is 0 Å². The first kappa shape index (κ1) is 17.9. The highest BCUT2D eigenvalue weighted by Gasteiger charge is 2.08. The van der Waals surface area contributed by atoms with Crippen LogP contribution in [0.2, 0.25) is 0 Å². The molecule has 2 aromatic carbocycles. The van der Waals surface area contributed by atoms with E-state index in [4.69, 9.17) is 4.74 Å². The lowest BCUT2D eigenvalue weighted by atomic mass is 10.3. The lowest BCUT2D eigenvalue weighted by Crippen LogP contribution is -2.15. The summed E-state index contributed by atoms with van der Waals surface area (Å²) in [7, 11) is 0. The fourth-order valence-electron chi connectivity index (χ4n) is 2.05. The smallest absolute Gasteiger partial charge is 0.234 e. The van der Waals surface area contributed by atoms with E-state index in [2.05, 4.69) is 10.6 Å². The number of rotatable bonds is 7. The van der Waals surface area contributed by atoms with E-state index in [1.165, 1.54) is 18.7 Å². The molecule has 0 aliphatic rings. The number of carbonyl (C=O) groups excluding carboxylic acids is 2. The van der Waals surface area contributed by atoms with Crippen molar-refractivity contribution in [1.82, 2.24) is 0 Å². The zero-order chi connectivity index (χ0) is 17.4. The zero-order valence-electron chi connectivity index (χ0n) is 13.7. The quantitative estimate of drug-likeness (QED) is 0.750. The van der Waals surface area contributed by atoms with Gasteiger partial charge in [0.2, 0.25) is 11.8 Å². The third-order valence-electron chi connectivity index (χ3n) is 2.99. The lowest BCUT2D eigenvalue weighted by molar-refractivity contribution is -0.114. The second kappa shape index (κ2) is 8.98. The van der Waals surface area contributed by atoms with Gasteiger partial charge < -0.3 is 15.4 Å². The van der Waals surface area contributed by atoms with Crippen LogP contribution in [0.3, 0.4) is 0 Å². The van der Waals surface area contributed by atoms with Gasteiger partial charge in [-0.1, -0.05) is 18.2 Å². The number of anilines is 2. The predicted octanol–water partition coefficient (Wildman–Crippen LogP) is 3.77. The Morgan fingerprint density at radius 3 is 2.62 bits per heavy atom. The Balaban J connectivity index is 1.93. The molecule has 2 aromatic rings. The van der Waals surface area contributed by atoms with Gasteiger partial charge in [-0.2, -0.15) is 0 Å². The van der Waals surface area contributed by atoms with Crippen LogP contribution in [0.4, 0.5) is 11.4 Å². The molecule has 0 aliphatic heterocycles. The van der Waals surface area contributed by atoms with Crippen LogP contribution < -0.4 is 15.4 Å². The third kappa shape index (κ3) is 5.62. The molecule has 0 saturated heterocycles. The molecule has 0 heterocycles. The van der Waals surface area contributed by atoms with Crippen LogP contribution in [-0.2, 0) is 9.59 Å². The topological polar surface area (TPSA) is 67.4 Å². The molecule has 2 N–H and O–H groups in total. The van der Waals surface area contributed by atoms with Crippen molar-refractivity contribution >= 4 is 35.0 Å². The Morgan fingerprint density at radius 2 is 1.88 bits per heavy atom. The molecule has 0 fully saturated rings. The maximum atomic E-state index is 12.1. The molecular weight excluding hydrogens is 324 g/mol. The van der Waals surface area contributed by atoms with Crippen molar-refractivity contribution < 1.29 is 14.3 Å². The number of hydrogen-bond donors (Lipinski definition) is 2. The summed E-state index contributed by atoms with van der Waals surface area (Å²) in [6, 6.07) is 14.7. The number of nitrogens with one attached hydrogen (secondary N) is 2. The van der Waals surface area contributed by atoms with E-state index in [9.17, 15) is 9.59 Å². The van der Waals surface area contributed by atoms with Crippen LogP contribution in [0.1, 0.15) is 13.8 Å². The minimum Gasteiger partial charge on any atom is -0.492 e. The second-order valence-electron chi connectivity index (χ2n) is 4.98. The maximum absolute atomic E-state index is 12.1. The molecule has 5 nitrogen and oxygen atoms in total. The van der Waals surface area contributed by atoms with E-state index in [0.717, 1.165) is 10.6 Å². The van der Waals surface area contributed by atoms with Gasteiger partial charge in [0.25, 0.3) is 0 Å². The van der Waals surface area contributed by atoms with Crippen LogP contribution >= 0.6 is 11.8 Å². The van der Waals surface area contributed by atoms with E-state index in [-0.39, 0.29) is 17.6 Å². The normalized spacial score (nSPS) is 10.1. The van der Waals surface area contributed by atoms with Crippen molar-refractivity contribution in [3.05, 3.63) is 48.5 Å². The Labute approximate surface area is 145 Å². The van der Waals surface area contributed by atoms with Crippen molar-refractivity contribution in [2.45, 2.75) is 18.7 Å². The molecule has 0 bridgehead atoms. The summed E-state index contributed by atoms with van der Waals surface area (Å²) < 4.78 is 5.49. The van der Waals surface area contributed by atoms with Gasteiger partial charge in [-0.05, 0) is 37.3 Å². The largest absolute Gasteiger partial charge is 0.492 e. The summed E-state index contributed by atoms with van der Waals surface area (Å²) in [4.78, 5) is 24.1. The van der Waals surface area contributed by atoms with Crippen LogP contribution in [0.5, 0.6) is 5.75 Å². The highest BCUT2D eigenvalue weighted by molar-refractivity contribution is 8.00. The third-order valence-corrected chi connectivity index (χ3v) is 3.98. The molecule has 0 unspecified atom stereocenters. The van der Waals surface area contributed by atoms with Crippen LogP contribution in [-0.4, -0.2) is 24.2 Å². The fraction of sp³-hybridized carbons (Fsp3) is 0.222. The van der Waals surface area contributed by atoms with Gasteiger partial charge in [0.15, 0.2) is 0 Å². The molecule has 2 rings (SSSR count). The van der Waals surface area contributed by atoms with E-state index in [1.807, 2.05) is 55.5 Å². The van der Waals surface area contributed by atoms with Crippen LogP contribution in [0, 0.1) is 0 Å². The van der Waals surface area contributed by atoms with E-state index in [0.29, 0.717) is 18.0 Å². The molecule has 0 radical (unpaired) electrons. The molecule has 0 aliphatic carbocycles. The molecular formula is C18H20N2O3S. The van der Waals surface area contributed by atoms with Gasteiger partial charge in [0.05, 0.1) is 18.0 Å². The van der Waals surface area contributed by atoms with Gasteiger partial charge in [-0.3, -0.25) is 9.59 Å². The molecule has 0 spiro atoms. The number of amides is 2. The lowest BCUT2D eigenvalue weighted by Gasteiger charge is -2.11. The summed E-state index contributed by atoms with van der Waals surface area (Å²) in [6.07, 6.45) is 0. The average molecular weight is 344 g/mol. The fourth-order valence-corrected chi connectivity index (χ4v) is 2.81. The Bertz CT molecular complexity index is 719. The predicted molar refractivity (Wildman–Crippen MR) is 97.7 cm³/mol. The Hall–Kier alpha value is -2.47. The Kier molecular flexibility index (Phi) is 6.69. The van der Waals surface area contributed by atoms with Crippen molar-refractivity contribution in [3.63, 3.8) is 0 Å². The van der Waals surface area contributed by atoms with E-state index < -0.39 is 0 Å². The molecule has 126 valence electrons. The summed E-state index contributed by atoms with van der Waals surface area (Å²) in [5.74, 6) is 0.690. The number of para-hydroxylation sites is 2. The molecule has 2 amide bonds. The standard InChI is InChI=1S/C18H20N2O3S/c1-3-23-17-10-5-4-9-16(17)20-18(22)12-24-15-8-6-7-14(11-15)19-13(2)21/h4-11H,3,12H2,1-2H3,(H,19,21)(H,20,22). The summed E-state index contributed by atoms with van der Waals surface area (Å²) in [5.41, 5.74) is 1.38. The zero-order valence-corrected chi connectivity index (χ0v) is 14.5. The number of carbonyl (C=O) groups is 2. The van der Waals surface area contributed by atoms with Gasteiger partial charge in [0.1, 0.15) is 5.75 Å². The van der Waals surface area contributed by atoms with E-state index in [1.54, 1.807) is 0 Å². The first-order chi connectivity index (χ1) is 11.6. The molecule has 6 heteroatoms. The minimum absolute atomic E-state index is 0.114. The highest BCUT2D eigenvalue weighted by Crippen LogP contribution is 2.25. The van der Waals surface area contributed by atoms with Crippen LogP contribution in [0.25, 0.3) is 0 Å². The highest BCUT2D eigenvalue weighted by atomic mass is 32.2. The summed E-state index contributed by atoms with van der Waals surface area (Å²) in [5, 5.41) is 5.58. The number of hydrogen-bond acceptors (Lipinski definition) is 4.